The number of esters is 1. The molecule has 0 radical (unpaired) electrons. The van der Waals surface area contributed by atoms with Crippen molar-refractivity contribution in [2.24, 2.45) is 4.99 Å². The number of fused-ring (bicyclic) bond motifs is 3. The van der Waals surface area contributed by atoms with Gasteiger partial charge in [0.1, 0.15) is 6.10 Å². The van der Waals surface area contributed by atoms with E-state index in [0.29, 0.717) is 23.5 Å². The Morgan fingerprint density at radius 2 is 1.80 bits per heavy atom. The minimum atomic E-state index is -0.252. The number of ether oxygens (including phenoxy) is 3. The zero-order chi connectivity index (χ0) is 21.3. The number of methoxy groups -OCH3 is 2. The minimum Gasteiger partial charge on any atom is -0.493 e. The second-order valence-corrected chi connectivity index (χ2v) is 7.68. The molecule has 4 rings (SSSR count). The van der Waals surface area contributed by atoms with Crippen LogP contribution in [0, 0.1) is 11.3 Å². The first-order chi connectivity index (χ1) is 14.5. The molecule has 1 heterocycles. The SMILES string of the molecule is COc1cc2c(cc1OC)C1CCC(OC(C)=O)CC1N=C2c1ccc(C#N)cc1. The minimum absolute atomic E-state index is 0.0133. The highest BCUT2D eigenvalue weighted by molar-refractivity contribution is 6.15. The van der Waals surface area contributed by atoms with Gasteiger partial charge in [0.25, 0.3) is 0 Å². The van der Waals surface area contributed by atoms with E-state index in [1.54, 1.807) is 26.4 Å². The van der Waals surface area contributed by atoms with Crippen LogP contribution in [0.5, 0.6) is 11.5 Å². The zero-order valence-electron chi connectivity index (χ0n) is 17.3. The molecule has 30 heavy (non-hydrogen) atoms. The molecule has 6 heteroatoms. The summed E-state index contributed by atoms with van der Waals surface area (Å²) in [5.41, 5.74) is 4.60. The van der Waals surface area contributed by atoms with Gasteiger partial charge >= 0.3 is 5.97 Å². The normalized spacial score (nSPS) is 22.1. The first kappa shape index (κ1) is 20.0. The van der Waals surface area contributed by atoms with Gasteiger partial charge in [-0.3, -0.25) is 9.79 Å². The molecule has 0 bridgehead atoms. The fraction of sp³-hybridized carbons (Fsp3) is 0.375. The molecular weight excluding hydrogens is 380 g/mol. The number of carbonyl (C=O) groups excluding carboxylic acids is 1. The van der Waals surface area contributed by atoms with Crippen LogP contribution in [0.4, 0.5) is 0 Å². The lowest BCUT2D eigenvalue weighted by atomic mass is 9.74. The number of hydrogen-bond donors (Lipinski definition) is 0. The molecule has 0 amide bonds. The Hall–Kier alpha value is -3.33. The molecule has 0 aromatic heterocycles. The lowest BCUT2D eigenvalue weighted by Crippen LogP contribution is -2.36. The molecular formula is C24H24N2O4. The molecule has 3 atom stereocenters. The molecule has 6 nitrogen and oxygen atoms in total. The molecule has 1 saturated carbocycles. The largest absolute Gasteiger partial charge is 0.493 e. The van der Waals surface area contributed by atoms with Crippen molar-refractivity contribution in [3.05, 3.63) is 58.7 Å². The van der Waals surface area contributed by atoms with Crippen molar-refractivity contribution in [1.29, 1.82) is 5.26 Å². The maximum atomic E-state index is 11.5. The average molecular weight is 404 g/mol. The van der Waals surface area contributed by atoms with Gasteiger partial charge < -0.3 is 14.2 Å². The Morgan fingerprint density at radius 3 is 2.43 bits per heavy atom. The molecule has 2 aromatic carbocycles. The topological polar surface area (TPSA) is 80.9 Å². The van der Waals surface area contributed by atoms with Crippen molar-refractivity contribution in [1.82, 2.24) is 0 Å². The molecule has 1 fully saturated rings. The van der Waals surface area contributed by atoms with Gasteiger partial charge in [0.15, 0.2) is 11.5 Å². The number of rotatable bonds is 4. The van der Waals surface area contributed by atoms with E-state index in [4.69, 9.17) is 24.5 Å². The Labute approximate surface area is 176 Å². The summed E-state index contributed by atoms with van der Waals surface area (Å²) in [6, 6.07) is 13.6. The van der Waals surface area contributed by atoms with E-state index in [-0.39, 0.29) is 24.0 Å². The van der Waals surface area contributed by atoms with Crippen molar-refractivity contribution in [3.63, 3.8) is 0 Å². The summed E-state index contributed by atoms with van der Waals surface area (Å²) in [4.78, 5) is 16.6. The predicted octanol–water partition coefficient (Wildman–Crippen LogP) is 3.99. The summed E-state index contributed by atoms with van der Waals surface area (Å²) < 4.78 is 16.6. The third-order valence-corrected chi connectivity index (χ3v) is 5.89. The maximum Gasteiger partial charge on any atom is 0.302 e. The number of nitriles is 1. The Morgan fingerprint density at radius 1 is 1.10 bits per heavy atom. The second kappa shape index (κ2) is 8.19. The lowest BCUT2D eigenvalue weighted by Gasteiger charge is -2.38. The van der Waals surface area contributed by atoms with Gasteiger partial charge in [0.05, 0.1) is 37.6 Å². The molecule has 1 aliphatic heterocycles. The summed E-state index contributed by atoms with van der Waals surface area (Å²) in [5, 5.41) is 9.13. The van der Waals surface area contributed by atoms with E-state index >= 15 is 0 Å². The summed E-state index contributed by atoms with van der Waals surface area (Å²) in [5.74, 6) is 1.33. The highest BCUT2D eigenvalue weighted by Gasteiger charge is 2.38. The number of aliphatic imine (C=N–C) groups is 1. The van der Waals surface area contributed by atoms with E-state index in [1.807, 2.05) is 18.2 Å². The fourth-order valence-corrected chi connectivity index (χ4v) is 4.53. The van der Waals surface area contributed by atoms with Crippen LogP contribution >= 0.6 is 0 Å². The number of hydrogen-bond acceptors (Lipinski definition) is 6. The summed E-state index contributed by atoms with van der Waals surface area (Å²) in [6.07, 6.45) is 2.28. The average Bonchev–Trinajstić information content (AvgIpc) is 2.77. The molecule has 1 aliphatic carbocycles. The van der Waals surface area contributed by atoms with Crippen molar-refractivity contribution in [2.75, 3.05) is 14.2 Å². The highest BCUT2D eigenvalue weighted by Crippen LogP contribution is 2.45. The highest BCUT2D eigenvalue weighted by atomic mass is 16.5. The van der Waals surface area contributed by atoms with Gasteiger partial charge in [-0.05, 0) is 42.7 Å². The first-order valence-electron chi connectivity index (χ1n) is 10.1. The monoisotopic (exact) mass is 404 g/mol. The molecule has 0 saturated heterocycles. The van der Waals surface area contributed by atoms with Crippen molar-refractivity contribution < 1.29 is 19.0 Å². The van der Waals surface area contributed by atoms with Crippen LogP contribution in [-0.2, 0) is 9.53 Å². The van der Waals surface area contributed by atoms with Gasteiger partial charge in [-0.15, -0.1) is 0 Å². The number of nitrogens with zero attached hydrogens (tertiary/aromatic N) is 2. The van der Waals surface area contributed by atoms with Crippen LogP contribution in [-0.4, -0.2) is 38.0 Å². The van der Waals surface area contributed by atoms with Crippen LogP contribution in [0.25, 0.3) is 0 Å². The quantitative estimate of drug-likeness (QED) is 0.720. The summed E-state index contributed by atoms with van der Waals surface area (Å²) in [7, 11) is 3.26. The first-order valence-corrected chi connectivity index (χ1v) is 10.1. The molecule has 2 aromatic rings. The smallest absolute Gasteiger partial charge is 0.302 e. The van der Waals surface area contributed by atoms with E-state index in [9.17, 15) is 4.79 Å². The summed E-state index contributed by atoms with van der Waals surface area (Å²) in [6.45, 7) is 1.45. The van der Waals surface area contributed by atoms with E-state index in [2.05, 4.69) is 12.1 Å². The standard InChI is InChI=1S/C24H24N2O4/c1-14(27)30-17-8-9-18-19-11-22(28-2)23(29-3)12-20(19)24(26-21(18)10-17)16-6-4-15(13-25)5-7-16/h4-7,11-12,17-18,21H,8-10H2,1-3H3. The van der Waals surface area contributed by atoms with Gasteiger partial charge in [-0.2, -0.15) is 5.26 Å². The maximum absolute atomic E-state index is 11.5. The van der Waals surface area contributed by atoms with Gasteiger partial charge in [0.2, 0.25) is 0 Å². The van der Waals surface area contributed by atoms with Crippen LogP contribution < -0.4 is 9.47 Å². The molecule has 0 N–H and O–H groups in total. The van der Waals surface area contributed by atoms with Crippen LogP contribution in [0.3, 0.4) is 0 Å². The Kier molecular flexibility index (Phi) is 5.45. The van der Waals surface area contributed by atoms with E-state index < -0.39 is 0 Å². The number of benzene rings is 2. The van der Waals surface area contributed by atoms with Gasteiger partial charge in [0, 0.05) is 30.4 Å². The third kappa shape index (κ3) is 3.63. The van der Waals surface area contributed by atoms with Crippen LogP contribution in [0.2, 0.25) is 0 Å². The summed E-state index contributed by atoms with van der Waals surface area (Å²) >= 11 is 0. The predicted molar refractivity (Wildman–Crippen MR) is 112 cm³/mol. The van der Waals surface area contributed by atoms with Crippen molar-refractivity contribution in [2.45, 2.75) is 44.2 Å². The lowest BCUT2D eigenvalue weighted by molar-refractivity contribution is -0.148. The fourth-order valence-electron chi connectivity index (χ4n) is 4.53. The van der Waals surface area contributed by atoms with Gasteiger partial charge in [-0.1, -0.05) is 12.1 Å². The third-order valence-electron chi connectivity index (χ3n) is 5.89. The number of carbonyl (C=O) groups is 1. The van der Waals surface area contributed by atoms with Crippen LogP contribution in [0.15, 0.2) is 41.4 Å². The molecule has 2 aliphatic rings. The Balaban J connectivity index is 1.81. The van der Waals surface area contributed by atoms with Crippen molar-refractivity contribution in [3.8, 4) is 17.6 Å². The van der Waals surface area contributed by atoms with Crippen LogP contribution in [0.1, 0.15) is 54.4 Å². The van der Waals surface area contributed by atoms with Crippen molar-refractivity contribution >= 4 is 11.7 Å². The van der Waals surface area contributed by atoms with E-state index in [0.717, 1.165) is 29.7 Å². The van der Waals surface area contributed by atoms with Gasteiger partial charge in [-0.25, -0.2) is 0 Å². The molecule has 3 unspecified atom stereocenters. The van der Waals surface area contributed by atoms with E-state index in [1.165, 1.54) is 12.5 Å². The molecule has 0 spiro atoms. The zero-order valence-corrected chi connectivity index (χ0v) is 17.3. The molecule has 154 valence electrons. The Bertz CT molecular complexity index is 1040. The second-order valence-electron chi connectivity index (χ2n) is 7.68.